The van der Waals surface area contributed by atoms with E-state index in [1.165, 1.54) is 29.6 Å². The number of carbonyl (C=O) groups excluding carboxylic acids is 1. The number of halogens is 1. The Kier molecular flexibility index (Phi) is 7.10. The van der Waals surface area contributed by atoms with Crippen molar-refractivity contribution in [2.75, 3.05) is 43.4 Å². The predicted octanol–water partition coefficient (Wildman–Crippen LogP) is 3.70. The molecule has 0 radical (unpaired) electrons. The van der Waals surface area contributed by atoms with E-state index in [4.69, 9.17) is 4.74 Å². The molecular weight excluding hydrogens is 453 g/mol. The van der Waals surface area contributed by atoms with Gasteiger partial charge in [0.05, 0.1) is 18.4 Å². The average molecular weight is 482 g/mol. The van der Waals surface area contributed by atoms with Gasteiger partial charge in [0.25, 0.3) is 0 Å². The van der Waals surface area contributed by atoms with Gasteiger partial charge in [-0.05, 0) is 49.2 Å². The van der Waals surface area contributed by atoms with Crippen LogP contribution in [-0.2, 0) is 16.1 Å². The minimum atomic E-state index is -0.290. The maximum Gasteiger partial charge on any atom is 0.233 e. The second-order valence-electron chi connectivity index (χ2n) is 8.55. The summed E-state index contributed by atoms with van der Waals surface area (Å²) in [5.41, 5.74) is 1.99. The van der Waals surface area contributed by atoms with E-state index < -0.39 is 0 Å². The summed E-state index contributed by atoms with van der Waals surface area (Å²) in [5.74, 6) is 0.787. The maximum atomic E-state index is 13.4. The van der Waals surface area contributed by atoms with Crippen LogP contribution in [0.4, 0.5) is 10.1 Å². The number of hydrogen-bond acceptors (Lipinski definition) is 6. The summed E-state index contributed by atoms with van der Waals surface area (Å²) in [6, 6.07) is 16.6. The van der Waals surface area contributed by atoms with E-state index in [1.54, 1.807) is 12.1 Å². The lowest BCUT2D eigenvalue weighted by Crippen LogP contribution is -2.49. The van der Waals surface area contributed by atoms with Gasteiger partial charge >= 0.3 is 0 Å². The molecule has 2 saturated heterocycles. The zero-order valence-electron chi connectivity index (χ0n) is 19.0. The molecule has 0 bridgehead atoms. The third kappa shape index (κ3) is 5.26. The SMILES string of the molecule is O=C(CSc1nnc(-c2ccc(F)cc2)n1CC1CCCO1)N1CCN(c2ccccc2)CC1. The number of benzene rings is 2. The molecule has 1 atom stereocenters. The van der Waals surface area contributed by atoms with Crippen molar-refractivity contribution in [2.24, 2.45) is 0 Å². The predicted molar refractivity (Wildman–Crippen MR) is 130 cm³/mol. The highest BCUT2D eigenvalue weighted by Gasteiger charge is 2.25. The van der Waals surface area contributed by atoms with Gasteiger partial charge < -0.3 is 14.5 Å². The summed E-state index contributed by atoms with van der Waals surface area (Å²) in [6.07, 6.45) is 2.11. The smallest absolute Gasteiger partial charge is 0.233 e. The third-order valence-electron chi connectivity index (χ3n) is 6.31. The Hall–Kier alpha value is -2.91. The van der Waals surface area contributed by atoms with Gasteiger partial charge in [-0.25, -0.2) is 4.39 Å². The van der Waals surface area contributed by atoms with Gasteiger partial charge in [0.2, 0.25) is 5.91 Å². The van der Waals surface area contributed by atoms with Crippen molar-refractivity contribution in [3.05, 3.63) is 60.4 Å². The minimum Gasteiger partial charge on any atom is -0.376 e. The Morgan fingerprint density at radius 3 is 2.50 bits per heavy atom. The molecule has 2 aliphatic rings. The summed E-state index contributed by atoms with van der Waals surface area (Å²) < 4.78 is 21.3. The second-order valence-corrected chi connectivity index (χ2v) is 9.49. The van der Waals surface area contributed by atoms with Gasteiger partial charge in [0.1, 0.15) is 5.82 Å². The quantitative estimate of drug-likeness (QED) is 0.480. The van der Waals surface area contributed by atoms with Crippen LogP contribution in [0, 0.1) is 5.82 Å². The number of thioether (sulfide) groups is 1. The molecule has 34 heavy (non-hydrogen) atoms. The molecule has 1 unspecified atom stereocenters. The number of aromatic nitrogens is 3. The van der Waals surface area contributed by atoms with Crippen LogP contribution in [0.15, 0.2) is 59.8 Å². The molecule has 7 nitrogen and oxygen atoms in total. The number of carbonyl (C=O) groups is 1. The third-order valence-corrected chi connectivity index (χ3v) is 7.26. The molecule has 2 aromatic carbocycles. The van der Waals surface area contributed by atoms with E-state index in [9.17, 15) is 9.18 Å². The van der Waals surface area contributed by atoms with Crippen molar-refractivity contribution >= 4 is 23.4 Å². The molecule has 9 heteroatoms. The molecule has 3 aromatic rings. The molecular formula is C25H28FN5O2S. The molecule has 3 heterocycles. The largest absolute Gasteiger partial charge is 0.376 e. The molecule has 2 aliphatic heterocycles. The van der Waals surface area contributed by atoms with E-state index in [1.807, 2.05) is 27.7 Å². The van der Waals surface area contributed by atoms with Gasteiger partial charge in [-0.15, -0.1) is 10.2 Å². The first kappa shape index (κ1) is 22.9. The molecule has 0 saturated carbocycles. The first-order chi connectivity index (χ1) is 16.7. The summed E-state index contributed by atoms with van der Waals surface area (Å²) in [5, 5.41) is 9.43. The highest BCUT2D eigenvalue weighted by molar-refractivity contribution is 7.99. The van der Waals surface area contributed by atoms with Crippen LogP contribution in [0.2, 0.25) is 0 Å². The summed E-state index contributed by atoms with van der Waals surface area (Å²) in [4.78, 5) is 17.2. The van der Waals surface area contributed by atoms with Crippen LogP contribution >= 0.6 is 11.8 Å². The number of amides is 1. The Balaban J connectivity index is 1.24. The van der Waals surface area contributed by atoms with Gasteiger partial charge in [-0.1, -0.05) is 30.0 Å². The molecule has 2 fully saturated rings. The lowest BCUT2D eigenvalue weighted by molar-refractivity contribution is -0.128. The van der Waals surface area contributed by atoms with Crippen molar-refractivity contribution in [2.45, 2.75) is 30.6 Å². The molecule has 178 valence electrons. The highest BCUT2D eigenvalue weighted by Crippen LogP contribution is 2.27. The van der Waals surface area contributed by atoms with Crippen LogP contribution in [0.3, 0.4) is 0 Å². The van der Waals surface area contributed by atoms with E-state index in [2.05, 4.69) is 27.2 Å². The first-order valence-electron chi connectivity index (χ1n) is 11.7. The van der Waals surface area contributed by atoms with E-state index >= 15 is 0 Å². The zero-order chi connectivity index (χ0) is 23.3. The number of rotatable bonds is 7. The van der Waals surface area contributed by atoms with Crippen molar-refractivity contribution in [1.82, 2.24) is 19.7 Å². The van der Waals surface area contributed by atoms with Crippen molar-refractivity contribution < 1.29 is 13.9 Å². The van der Waals surface area contributed by atoms with Crippen molar-refractivity contribution in [3.63, 3.8) is 0 Å². The number of piperazine rings is 1. The molecule has 1 amide bonds. The Labute approximate surface area is 202 Å². The number of ether oxygens (including phenoxy) is 1. The Morgan fingerprint density at radius 2 is 1.79 bits per heavy atom. The number of hydrogen-bond donors (Lipinski definition) is 0. The van der Waals surface area contributed by atoms with Crippen LogP contribution in [-0.4, -0.2) is 70.2 Å². The fourth-order valence-corrected chi connectivity index (χ4v) is 5.29. The van der Waals surface area contributed by atoms with Gasteiger partial charge in [0.15, 0.2) is 11.0 Å². The first-order valence-corrected chi connectivity index (χ1v) is 12.7. The van der Waals surface area contributed by atoms with Crippen molar-refractivity contribution in [1.29, 1.82) is 0 Å². The normalized spacial score (nSPS) is 18.4. The average Bonchev–Trinajstić information content (AvgIpc) is 3.54. The van der Waals surface area contributed by atoms with E-state index in [0.29, 0.717) is 36.4 Å². The highest BCUT2D eigenvalue weighted by atomic mass is 32.2. The fourth-order valence-electron chi connectivity index (χ4n) is 4.43. The summed E-state index contributed by atoms with van der Waals surface area (Å²) >= 11 is 1.40. The standard InChI is InChI=1S/C25H28FN5O2S/c26-20-10-8-19(9-11-20)24-27-28-25(31(24)17-22-7-4-16-33-22)34-18-23(32)30-14-12-29(13-15-30)21-5-2-1-3-6-21/h1-3,5-6,8-11,22H,4,7,12-18H2. The molecule has 1 aromatic heterocycles. The molecule has 0 N–H and O–H groups in total. The van der Waals surface area contributed by atoms with Crippen LogP contribution in [0.25, 0.3) is 11.4 Å². The maximum absolute atomic E-state index is 13.4. The number of nitrogens with zero attached hydrogens (tertiary/aromatic N) is 5. The minimum absolute atomic E-state index is 0.0938. The van der Waals surface area contributed by atoms with Gasteiger partial charge in [0, 0.05) is 44.0 Å². The molecule has 0 spiro atoms. The summed E-state index contributed by atoms with van der Waals surface area (Å²) in [7, 11) is 0. The molecule has 0 aliphatic carbocycles. The number of para-hydroxylation sites is 1. The van der Waals surface area contributed by atoms with Crippen LogP contribution < -0.4 is 4.90 Å². The Morgan fingerprint density at radius 1 is 1.03 bits per heavy atom. The van der Waals surface area contributed by atoms with E-state index in [-0.39, 0.29) is 17.8 Å². The monoisotopic (exact) mass is 481 g/mol. The van der Waals surface area contributed by atoms with Crippen LogP contribution in [0.5, 0.6) is 0 Å². The topological polar surface area (TPSA) is 63.5 Å². The Bertz CT molecular complexity index is 1090. The van der Waals surface area contributed by atoms with Gasteiger partial charge in [-0.2, -0.15) is 0 Å². The fraction of sp³-hybridized carbons (Fsp3) is 0.400. The van der Waals surface area contributed by atoms with Crippen molar-refractivity contribution in [3.8, 4) is 11.4 Å². The van der Waals surface area contributed by atoms with E-state index in [0.717, 1.165) is 38.1 Å². The number of anilines is 1. The second kappa shape index (κ2) is 10.6. The summed E-state index contributed by atoms with van der Waals surface area (Å²) in [6.45, 7) is 4.44. The lowest BCUT2D eigenvalue weighted by Gasteiger charge is -2.36. The lowest BCUT2D eigenvalue weighted by atomic mass is 10.2. The van der Waals surface area contributed by atoms with Gasteiger partial charge in [-0.3, -0.25) is 9.36 Å². The molecule has 5 rings (SSSR count). The zero-order valence-corrected chi connectivity index (χ0v) is 19.8. The van der Waals surface area contributed by atoms with Crippen LogP contribution in [0.1, 0.15) is 12.8 Å².